The van der Waals surface area contributed by atoms with E-state index in [0.717, 1.165) is 35.8 Å². The van der Waals surface area contributed by atoms with Crippen LogP contribution in [-0.2, 0) is 0 Å². The lowest BCUT2D eigenvalue weighted by Crippen LogP contribution is -2.32. The Morgan fingerprint density at radius 3 is 2.68 bits per heavy atom. The van der Waals surface area contributed by atoms with E-state index in [1.54, 1.807) is 4.90 Å². The zero-order chi connectivity index (χ0) is 13.7. The summed E-state index contributed by atoms with van der Waals surface area (Å²) in [5.41, 5.74) is 0.867. The first-order valence-electron chi connectivity index (χ1n) is 6.72. The van der Waals surface area contributed by atoms with E-state index >= 15 is 0 Å². The summed E-state index contributed by atoms with van der Waals surface area (Å²) in [6, 6.07) is 14.0. The minimum absolute atomic E-state index is 0.0511. The molecule has 0 bridgehead atoms. The van der Waals surface area contributed by atoms with Crippen LogP contribution >= 0.6 is 0 Å². The van der Waals surface area contributed by atoms with E-state index in [-0.39, 0.29) is 6.03 Å². The van der Waals surface area contributed by atoms with Gasteiger partial charge in [-0.05, 0) is 17.9 Å². The highest BCUT2D eigenvalue weighted by atomic mass is 16.2. The summed E-state index contributed by atoms with van der Waals surface area (Å²) in [4.78, 5) is 13.8. The lowest BCUT2D eigenvalue weighted by molar-refractivity contribution is 0.222. The highest BCUT2D eigenvalue weighted by Crippen LogP contribution is 2.23. The second kappa shape index (κ2) is 6.23. The first-order valence-corrected chi connectivity index (χ1v) is 6.72. The van der Waals surface area contributed by atoms with Gasteiger partial charge in [-0.15, -0.1) is 0 Å². The maximum absolute atomic E-state index is 12.1. The highest BCUT2D eigenvalue weighted by molar-refractivity contribution is 6.01. The van der Waals surface area contributed by atoms with Crippen molar-refractivity contribution in [1.29, 1.82) is 0 Å². The van der Waals surface area contributed by atoms with Gasteiger partial charge in [-0.25, -0.2) is 4.79 Å². The molecule has 0 aliphatic carbocycles. The van der Waals surface area contributed by atoms with Crippen molar-refractivity contribution in [3.63, 3.8) is 0 Å². The maximum Gasteiger partial charge on any atom is 0.321 e. The number of nitrogens with zero attached hydrogens (tertiary/aromatic N) is 1. The molecule has 1 N–H and O–H groups in total. The first kappa shape index (κ1) is 13.4. The molecule has 3 heteroatoms. The van der Waals surface area contributed by atoms with Gasteiger partial charge in [0.15, 0.2) is 0 Å². The largest absolute Gasteiger partial charge is 0.328 e. The van der Waals surface area contributed by atoms with Crippen LogP contribution in [0.3, 0.4) is 0 Å². The highest BCUT2D eigenvalue weighted by Gasteiger charge is 2.09. The molecule has 100 valence electrons. The molecule has 0 aromatic heterocycles. The Morgan fingerprint density at radius 1 is 1.16 bits per heavy atom. The molecule has 3 nitrogen and oxygen atoms in total. The van der Waals surface area contributed by atoms with E-state index in [0.29, 0.717) is 0 Å². The minimum Gasteiger partial charge on any atom is -0.328 e. The smallest absolute Gasteiger partial charge is 0.321 e. The van der Waals surface area contributed by atoms with Crippen molar-refractivity contribution in [3.8, 4) is 0 Å². The number of rotatable bonds is 4. The summed E-state index contributed by atoms with van der Waals surface area (Å²) in [7, 11) is 1.83. The van der Waals surface area contributed by atoms with Crippen LogP contribution in [0.1, 0.15) is 19.8 Å². The number of carbonyl (C=O) groups excluding carboxylic acids is 1. The van der Waals surface area contributed by atoms with Crippen molar-refractivity contribution >= 4 is 22.5 Å². The monoisotopic (exact) mass is 256 g/mol. The fourth-order valence-electron chi connectivity index (χ4n) is 2.04. The number of benzene rings is 2. The van der Waals surface area contributed by atoms with E-state index in [9.17, 15) is 4.79 Å². The van der Waals surface area contributed by atoms with Crippen molar-refractivity contribution in [2.75, 3.05) is 18.9 Å². The summed E-state index contributed by atoms with van der Waals surface area (Å²) in [6.45, 7) is 2.91. The molecule has 2 amide bonds. The normalized spacial score (nSPS) is 10.4. The van der Waals surface area contributed by atoms with Crippen molar-refractivity contribution in [1.82, 2.24) is 4.90 Å². The molecule has 2 aromatic rings. The molecule has 0 aliphatic heterocycles. The lowest BCUT2D eigenvalue weighted by atomic mass is 10.1. The molecule has 0 aliphatic rings. The topological polar surface area (TPSA) is 32.3 Å². The molecule has 0 saturated carbocycles. The Hall–Kier alpha value is -2.03. The summed E-state index contributed by atoms with van der Waals surface area (Å²) in [6.07, 6.45) is 2.12. The number of fused-ring (bicyclic) bond motifs is 1. The van der Waals surface area contributed by atoms with E-state index < -0.39 is 0 Å². The van der Waals surface area contributed by atoms with Gasteiger partial charge in [0.25, 0.3) is 0 Å². The zero-order valence-corrected chi connectivity index (χ0v) is 11.5. The summed E-state index contributed by atoms with van der Waals surface area (Å²) in [5.74, 6) is 0. The van der Waals surface area contributed by atoms with Crippen LogP contribution in [0.25, 0.3) is 10.8 Å². The summed E-state index contributed by atoms with van der Waals surface area (Å²) in [5, 5.41) is 5.19. The molecule has 0 heterocycles. The molecule has 0 radical (unpaired) electrons. The number of urea groups is 1. The number of hydrogen-bond donors (Lipinski definition) is 1. The van der Waals surface area contributed by atoms with Crippen LogP contribution in [0.5, 0.6) is 0 Å². The minimum atomic E-state index is -0.0511. The molecule has 2 aromatic carbocycles. The number of anilines is 1. The Balaban J connectivity index is 2.15. The lowest BCUT2D eigenvalue weighted by Gasteiger charge is -2.18. The second-order valence-corrected chi connectivity index (χ2v) is 4.73. The van der Waals surface area contributed by atoms with E-state index in [4.69, 9.17) is 0 Å². The van der Waals surface area contributed by atoms with E-state index in [2.05, 4.69) is 12.2 Å². The van der Waals surface area contributed by atoms with Crippen molar-refractivity contribution < 1.29 is 4.79 Å². The van der Waals surface area contributed by atoms with Crippen molar-refractivity contribution in [2.45, 2.75) is 19.8 Å². The fraction of sp³-hybridized carbons (Fsp3) is 0.312. The number of nitrogens with one attached hydrogen (secondary N) is 1. The van der Waals surface area contributed by atoms with Gasteiger partial charge in [-0.3, -0.25) is 0 Å². The Bertz CT molecular complexity index is 560. The quantitative estimate of drug-likeness (QED) is 0.877. The third kappa shape index (κ3) is 3.25. The van der Waals surface area contributed by atoms with Gasteiger partial charge in [0.2, 0.25) is 0 Å². The number of unbranched alkanes of at least 4 members (excludes halogenated alkanes) is 1. The first-order chi connectivity index (χ1) is 9.22. The van der Waals surface area contributed by atoms with Gasteiger partial charge in [-0.1, -0.05) is 49.7 Å². The van der Waals surface area contributed by atoms with Gasteiger partial charge in [0, 0.05) is 19.0 Å². The average molecular weight is 256 g/mol. The predicted molar refractivity (Wildman–Crippen MR) is 80.5 cm³/mol. The summed E-state index contributed by atoms with van der Waals surface area (Å²) < 4.78 is 0. The molecule has 0 saturated heterocycles. The van der Waals surface area contributed by atoms with Crippen LogP contribution in [0.4, 0.5) is 10.5 Å². The van der Waals surface area contributed by atoms with Crippen molar-refractivity contribution in [2.24, 2.45) is 0 Å². The van der Waals surface area contributed by atoms with Crippen LogP contribution in [0, 0.1) is 0 Å². The van der Waals surface area contributed by atoms with E-state index in [1.165, 1.54) is 0 Å². The van der Waals surface area contributed by atoms with Crippen LogP contribution in [0.15, 0.2) is 42.5 Å². The summed E-state index contributed by atoms with van der Waals surface area (Å²) >= 11 is 0. The predicted octanol–water partition coefficient (Wildman–Crippen LogP) is 4.10. The van der Waals surface area contributed by atoms with Gasteiger partial charge in [-0.2, -0.15) is 0 Å². The molecule has 2 rings (SSSR count). The molecule has 0 atom stereocenters. The Labute approximate surface area is 114 Å². The third-order valence-corrected chi connectivity index (χ3v) is 3.23. The van der Waals surface area contributed by atoms with Gasteiger partial charge >= 0.3 is 6.03 Å². The number of amides is 2. The van der Waals surface area contributed by atoms with E-state index in [1.807, 2.05) is 49.5 Å². The fourth-order valence-corrected chi connectivity index (χ4v) is 2.04. The molecule has 0 fully saturated rings. The molecular weight excluding hydrogens is 236 g/mol. The molecule has 0 spiro atoms. The van der Waals surface area contributed by atoms with Gasteiger partial charge in [0.1, 0.15) is 0 Å². The average Bonchev–Trinajstić information content (AvgIpc) is 2.45. The molecule has 19 heavy (non-hydrogen) atoms. The zero-order valence-electron chi connectivity index (χ0n) is 11.5. The second-order valence-electron chi connectivity index (χ2n) is 4.73. The molecule has 0 unspecified atom stereocenters. The number of hydrogen-bond acceptors (Lipinski definition) is 1. The third-order valence-electron chi connectivity index (χ3n) is 3.23. The number of carbonyl (C=O) groups is 1. The maximum atomic E-state index is 12.1. The standard InChI is InChI=1S/C16H20N2O/c1-3-4-12-18(2)16(19)17-15-11-7-9-13-8-5-6-10-14(13)15/h5-11H,3-4,12H2,1-2H3,(H,17,19). The SMILES string of the molecule is CCCCN(C)C(=O)Nc1cccc2ccccc12. The Morgan fingerprint density at radius 2 is 1.89 bits per heavy atom. The van der Waals surface area contributed by atoms with Crippen molar-refractivity contribution in [3.05, 3.63) is 42.5 Å². The van der Waals surface area contributed by atoms with Gasteiger partial charge < -0.3 is 10.2 Å². The van der Waals surface area contributed by atoms with Crippen LogP contribution in [-0.4, -0.2) is 24.5 Å². The van der Waals surface area contributed by atoms with Gasteiger partial charge in [0.05, 0.1) is 5.69 Å². The Kier molecular flexibility index (Phi) is 4.39. The van der Waals surface area contributed by atoms with Crippen LogP contribution in [0.2, 0.25) is 0 Å². The molecular formula is C16H20N2O. The van der Waals surface area contributed by atoms with Crippen LogP contribution < -0.4 is 5.32 Å².